The second-order valence-corrected chi connectivity index (χ2v) is 5.57. The van der Waals surface area contributed by atoms with Crippen molar-refractivity contribution in [1.29, 1.82) is 0 Å². The zero-order valence-electron chi connectivity index (χ0n) is 10.8. The number of ether oxygens (including phenoxy) is 1. The summed E-state index contributed by atoms with van der Waals surface area (Å²) in [5, 5.41) is 9.66. The van der Waals surface area contributed by atoms with Crippen molar-refractivity contribution in [2.24, 2.45) is 0 Å². The maximum atomic E-state index is 11.3. The van der Waals surface area contributed by atoms with Crippen LogP contribution in [0.15, 0.2) is 28.7 Å². The van der Waals surface area contributed by atoms with E-state index in [-0.39, 0.29) is 11.4 Å². The molecule has 1 N–H and O–H groups in total. The molecule has 0 spiro atoms. The molecule has 0 aliphatic heterocycles. The predicted octanol–water partition coefficient (Wildman–Crippen LogP) is 4.60. The highest BCUT2D eigenvalue weighted by atomic mass is 79.9. The normalized spacial score (nSPS) is 10.4. The molecule has 0 fully saturated rings. The number of hydrogen-bond donors (Lipinski definition) is 1. The van der Waals surface area contributed by atoms with Gasteiger partial charge in [0.2, 0.25) is 5.88 Å². The first-order valence-electron chi connectivity index (χ1n) is 5.73. The van der Waals surface area contributed by atoms with Crippen LogP contribution in [0.3, 0.4) is 0 Å². The van der Waals surface area contributed by atoms with Gasteiger partial charge >= 0.3 is 5.97 Å². The lowest BCUT2D eigenvalue weighted by atomic mass is 10.1. The molecular weight excluding hydrogens is 346 g/mol. The summed E-state index contributed by atoms with van der Waals surface area (Å²) < 4.78 is 6.37. The number of carboxylic acid groups (broad SMARTS) is 1. The highest BCUT2D eigenvalue weighted by Crippen LogP contribution is 2.33. The summed E-state index contributed by atoms with van der Waals surface area (Å²) in [6.45, 7) is 3.47. The second kappa shape index (κ2) is 5.81. The fourth-order valence-electron chi connectivity index (χ4n) is 1.80. The minimum atomic E-state index is -1.09. The van der Waals surface area contributed by atoms with E-state index < -0.39 is 5.97 Å². The van der Waals surface area contributed by atoms with Crippen LogP contribution in [0, 0.1) is 13.8 Å². The van der Waals surface area contributed by atoms with E-state index in [0.717, 1.165) is 4.47 Å². The maximum Gasteiger partial charge on any atom is 0.341 e. The van der Waals surface area contributed by atoms with Gasteiger partial charge in [0.1, 0.15) is 11.3 Å². The highest BCUT2D eigenvalue weighted by molar-refractivity contribution is 9.10. The molecule has 2 aromatic rings. The summed E-state index contributed by atoms with van der Waals surface area (Å²) in [6, 6.07) is 6.78. The third-order valence-corrected chi connectivity index (χ3v) is 3.43. The van der Waals surface area contributed by atoms with Crippen LogP contribution >= 0.6 is 27.5 Å². The monoisotopic (exact) mass is 355 g/mol. The molecule has 0 aliphatic carbocycles. The Morgan fingerprint density at radius 3 is 2.70 bits per heavy atom. The molecule has 0 radical (unpaired) electrons. The average molecular weight is 357 g/mol. The molecule has 0 amide bonds. The summed E-state index contributed by atoms with van der Waals surface area (Å²) in [5.41, 5.74) is 1.30. The molecule has 1 aromatic carbocycles. The van der Waals surface area contributed by atoms with E-state index in [1.165, 1.54) is 0 Å². The minimum Gasteiger partial charge on any atom is -0.477 e. The van der Waals surface area contributed by atoms with Gasteiger partial charge in [-0.1, -0.05) is 27.5 Å². The van der Waals surface area contributed by atoms with E-state index in [9.17, 15) is 9.90 Å². The molecule has 0 aliphatic rings. The van der Waals surface area contributed by atoms with Crippen molar-refractivity contribution in [2.75, 3.05) is 0 Å². The highest BCUT2D eigenvalue weighted by Gasteiger charge is 2.18. The molecule has 4 nitrogen and oxygen atoms in total. The molecule has 6 heteroatoms. The number of aromatic carboxylic acids is 1. The van der Waals surface area contributed by atoms with Gasteiger partial charge in [-0.25, -0.2) is 9.78 Å². The molecule has 0 unspecified atom stereocenters. The molecular formula is C14H11BrClNO3. The van der Waals surface area contributed by atoms with Crippen molar-refractivity contribution < 1.29 is 14.6 Å². The van der Waals surface area contributed by atoms with Crippen molar-refractivity contribution in [1.82, 2.24) is 4.98 Å². The number of nitrogens with zero attached hydrogens (tertiary/aromatic N) is 1. The first-order chi connectivity index (χ1) is 9.38. The van der Waals surface area contributed by atoms with Crippen LogP contribution in [0.25, 0.3) is 0 Å². The van der Waals surface area contributed by atoms with E-state index in [1.807, 2.05) is 0 Å². The van der Waals surface area contributed by atoms with E-state index in [4.69, 9.17) is 16.3 Å². The Morgan fingerprint density at radius 2 is 2.05 bits per heavy atom. The lowest BCUT2D eigenvalue weighted by molar-refractivity contribution is 0.0692. The first kappa shape index (κ1) is 14.8. The van der Waals surface area contributed by atoms with Crippen molar-refractivity contribution in [3.63, 3.8) is 0 Å². The Labute approximate surface area is 129 Å². The van der Waals surface area contributed by atoms with Gasteiger partial charge < -0.3 is 9.84 Å². The van der Waals surface area contributed by atoms with Crippen LogP contribution in [0.1, 0.15) is 21.6 Å². The van der Waals surface area contributed by atoms with Crippen LogP contribution < -0.4 is 4.74 Å². The van der Waals surface area contributed by atoms with E-state index in [1.54, 1.807) is 38.1 Å². The van der Waals surface area contributed by atoms with Gasteiger partial charge in [0, 0.05) is 10.2 Å². The van der Waals surface area contributed by atoms with Crippen molar-refractivity contribution in [2.45, 2.75) is 13.8 Å². The van der Waals surface area contributed by atoms with Gasteiger partial charge in [0.05, 0.1) is 5.02 Å². The van der Waals surface area contributed by atoms with Crippen molar-refractivity contribution in [3.05, 3.63) is 50.6 Å². The lowest BCUT2D eigenvalue weighted by Crippen LogP contribution is -2.06. The van der Waals surface area contributed by atoms with Gasteiger partial charge in [-0.2, -0.15) is 0 Å². The van der Waals surface area contributed by atoms with E-state index >= 15 is 0 Å². The van der Waals surface area contributed by atoms with Crippen LogP contribution in [-0.2, 0) is 0 Å². The summed E-state index contributed by atoms with van der Waals surface area (Å²) in [4.78, 5) is 15.5. The van der Waals surface area contributed by atoms with Gasteiger partial charge in [-0.3, -0.25) is 0 Å². The molecule has 0 saturated carbocycles. The third kappa shape index (κ3) is 3.11. The van der Waals surface area contributed by atoms with E-state index in [2.05, 4.69) is 20.9 Å². The molecule has 1 heterocycles. The summed E-state index contributed by atoms with van der Waals surface area (Å²) in [6.07, 6.45) is 0. The van der Waals surface area contributed by atoms with Gasteiger partial charge in [0.25, 0.3) is 0 Å². The van der Waals surface area contributed by atoms with Crippen LogP contribution in [0.2, 0.25) is 5.02 Å². The molecule has 104 valence electrons. The number of carboxylic acids is 1. The van der Waals surface area contributed by atoms with Crippen LogP contribution in [-0.4, -0.2) is 16.1 Å². The Bertz CT molecular complexity index is 688. The van der Waals surface area contributed by atoms with E-state index in [0.29, 0.717) is 22.0 Å². The van der Waals surface area contributed by atoms with Crippen LogP contribution in [0.4, 0.5) is 0 Å². The largest absolute Gasteiger partial charge is 0.477 e. The lowest BCUT2D eigenvalue weighted by Gasteiger charge is -2.12. The quantitative estimate of drug-likeness (QED) is 0.873. The Hall–Kier alpha value is -1.59. The summed E-state index contributed by atoms with van der Waals surface area (Å²) in [7, 11) is 0. The molecule has 0 atom stereocenters. The zero-order valence-corrected chi connectivity index (χ0v) is 13.1. The zero-order chi connectivity index (χ0) is 14.9. The summed E-state index contributed by atoms with van der Waals surface area (Å²) >= 11 is 9.35. The summed E-state index contributed by atoms with van der Waals surface area (Å²) in [5.74, 6) is -0.702. The molecule has 0 bridgehead atoms. The Morgan fingerprint density at radius 1 is 1.35 bits per heavy atom. The molecule has 20 heavy (non-hydrogen) atoms. The van der Waals surface area contributed by atoms with Crippen molar-refractivity contribution in [3.8, 4) is 11.6 Å². The Balaban J connectivity index is 2.53. The topological polar surface area (TPSA) is 59.4 Å². The number of halogens is 2. The first-order valence-corrected chi connectivity index (χ1v) is 6.90. The maximum absolute atomic E-state index is 11.3. The van der Waals surface area contributed by atoms with Gasteiger partial charge in [-0.05, 0) is 43.7 Å². The predicted molar refractivity (Wildman–Crippen MR) is 79.9 cm³/mol. The van der Waals surface area contributed by atoms with Crippen molar-refractivity contribution >= 4 is 33.5 Å². The third-order valence-electron chi connectivity index (χ3n) is 2.63. The fraction of sp³-hybridized carbons (Fsp3) is 0.143. The number of benzene rings is 1. The number of hydrogen-bond acceptors (Lipinski definition) is 3. The molecule has 2 rings (SSSR count). The minimum absolute atomic E-state index is 0.0339. The number of rotatable bonds is 3. The number of pyridine rings is 1. The van der Waals surface area contributed by atoms with Gasteiger partial charge in [0.15, 0.2) is 0 Å². The Kier molecular flexibility index (Phi) is 4.30. The van der Waals surface area contributed by atoms with Gasteiger partial charge in [-0.15, -0.1) is 0 Å². The molecule has 0 saturated heterocycles. The fourth-order valence-corrected chi connectivity index (χ4v) is 2.29. The number of aryl methyl sites for hydroxylation is 2. The SMILES string of the molecule is Cc1cc(C)c(C(=O)O)c(Oc2cc(Br)ccc2Cl)n1. The number of carbonyl (C=O) groups is 1. The standard InChI is InChI=1S/C14H11BrClNO3/c1-7-5-8(2)17-13(12(7)14(18)19)20-11-6-9(15)3-4-10(11)16/h3-6H,1-2H3,(H,18,19). The average Bonchev–Trinajstić information content (AvgIpc) is 2.32. The smallest absolute Gasteiger partial charge is 0.341 e. The van der Waals surface area contributed by atoms with Crippen LogP contribution in [0.5, 0.6) is 11.6 Å². The number of aromatic nitrogens is 1. The molecule has 1 aromatic heterocycles. The second-order valence-electron chi connectivity index (χ2n) is 4.24.